The third-order valence-corrected chi connectivity index (χ3v) is 4.03. The van der Waals surface area contributed by atoms with Crippen LogP contribution in [0.25, 0.3) is 11.0 Å². The standard InChI is InChI=1S/C17H16N4O3/c1-23-13-5-2-4-11-8-14(24-16(11)13)17(22)21-9-12(10-21)19-15-6-3-7-18-20-15/h2-8,12H,9-10H2,1H3,(H,19,20). The molecule has 0 radical (unpaired) electrons. The summed E-state index contributed by atoms with van der Waals surface area (Å²) in [6.45, 7) is 1.20. The first-order valence-electron chi connectivity index (χ1n) is 7.64. The molecule has 24 heavy (non-hydrogen) atoms. The van der Waals surface area contributed by atoms with E-state index in [1.807, 2.05) is 30.3 Å². The van der Waals surface area contributed by atoms with Crippen molar-refractivity contribution in [3.63, 3.8) is 0 Å². The Morgan fingerprint density at radius 1 is 1.33 bits per heavy atom. The van der Waals surface area contributed by atoms with Gasteiger partial charge >= 0.3 is 0 Å². The minimum atomic E-state index is -0.120. The fourth-order valence-electron chi connectivity index (χ4n) is 2.78. The zero-order chi connectivity index (χ0) is 16.5. The second-order valence-corrected chi connectivity index (χ2v) is 5.65. The van der Waals surface area contributed by atoms with Crippen molar-refractivity contribution < 1.29 is 13.9 Å². The molecule has 4 rings (SSSR count). The Morgan fingerprint density at radius 2 is 2.21 bits per heavy atom. The van der Waals surface area contributed by atoms with Crippen molar-refractivity contribution in [3.8, 4) is 5.75 Å². The van der Waals surface area contributed by atoms with Crippen LogP contribution in [0.15, 0.2) is 47.0 Å². The van der Waals surface area contributed by atoms with E-state index in [4.69, 9.17) is 9.15 Å². The van der Waals surface area contributed by atoms with Gasteiger partial charge in [0.1, 0.15) is 5.82 Å². The minimum Gasteiger partial charge on any atom is -0.493 e. The maximum Gasteiger partial charge on any atom is 0.289 e. The van der Waals surface area contributed by atoms with Gasteiger partial charge < -0.3 is 19.4 Å². The number of methoxy groups -OCH3 is 1. The maximum atomic E-state index is 12.5. The molecule has 1 saturated heterocycles. The molecule has 0 spiro atoms. The Hall–Kier alpha value is -3.09. The Labute approximate surface area is 138 Å². The normalized spacial score (nSPS) is 14.5. The molecule has 1 aromatic carbocycles. The summed E-state index contributed by atoms with van der Waals surface area (Å²) in [6, 6.07) is 11.2. The van der Waals surface area contributed by atoms with Gasteiger partial charge in [-0.3, -0.25) is 4.79 Å². The molecule has 0 aliphatic carbocycles. The number of nitrogens with zero attached hydrogens (tertiary/aromatic N) is 3. The molecule has 7 heteroatoms. The lowest BCUT2D eigenvalue weighted by Crippen LogP contribution is -2.57. The van der Waals surface area contributed by atoms with Crippen LogP contribution in [0.3, 0.4) is 0 Å². The molecule has 1 aliphatic heterocycles. The fourth-order valence-corrected chi connectivity index (χ4v) is 2.78. The fraction of sp³-hybridized carbons (Fsp3) is 0.235. The Morgan fingerprint density at radius 3 is 2.96 bits per heavy atom. The lowest BCUT2D eigenvalue weighted by molar-refractivity contribution is 0.0594. The third kappa shape index (κ3) is 2.54. The van der Waals surface area contributed by atoms with Crippen LogP contribution < -0.4 is 10.1 Å². The lowest BCUT2D eigenvalue weighted by Gasteiger charge is -2.39. The summed E-state index contributed by atoms with van der Waals surface area (Å²) in [5, 5.41) is 11.9. The van der Waals surface area contributed by atoms with Crippen LogP contribution in [-0.2, 0) is 0 Å². The zero-order valence-corrected chi connectivity index (χ0v) is 13.1. The van der Waals surface area contributed by atoms with Gasteiger partial charge in [0.15, 0.2) is 17.1 Å². The number of nitrogens with one attached hydrogen (secondary N) is 1. The lowest BCUT2D eigenvalue weighted by atomic mass is 10.1. The number of furan rings is 1. The Kier molecular flexibility index (Phi) is 3.53. The van der Waals surface area contributed by atoms with Crippen LogP contribution in [0.5, 0.6) is 5.75 Å². The van der Waals surface area contributed by atoms with E-state index < -0.39 is 0 Å². The van der Waals surface area contributed by atoms with E-state index in [-0.39, 0.29) is 11.9 Å². The number of amides is 1. The number of para-hydroxylation sites is 1. The van der Waals surface area contributed by atoms with Crippen molar-refractivity contribution in [1.82, 2.24) is 15.1 Å². The smallest absolute Gasteiger partial charge is 0.289 e. The molecule has 1 amide bonds. The number of carbonyl (C=O) groups is 1. The average molecular weight is 324 g/mol. The van der Waals surface area contributed by atoms with Crippen molar-refractivity contribution in [1.29, 1.82) is 0 Å². The Bertz CT molecular complexity index is 872. The minimum absolute atomic E-state index is 0.120. The summed E-state index contributed by atoms with van der Waals surface area (Å²) < 4.78 is 11.0. The number of rotatable bonds is 4. The summed E-state index contributed by atoms with van der Waals surface area (Å²) in [4.78, 5) is 14.3. The molecule has 1 N–H and O–H groups in total. The Balaban J connectivity index is 1.44. The molecule has 0 atom stereocenters. The average Bonchev–Trinajstić information content (AvgIpc) is 3.02. The number of hydrogen-bond acceptors (Lipinski definition) is 6. The molecule has 1 fully saturated rings. The molecule has 1 aliphatic rings. The highest BCUT2D eigenvalue weighted by Crippen LogP contribution is 2.29. The predicted molar refractivity (Wildman–Crippen MR) is 88.1 cm³/mol. The van der Waals surface area contributed by atoms with Crippen LogP contribution in [0.1, 0.15) is 10.6 Å². The van der Waals surface area contributed by atoms with Crippen LogP contribution >= 0.6 is 0 Å². The molecular formula is C17H16N4O3. The second kappa shape index (κ2) is 5.84. The van der Waals surface area contributed by atoms with Crippen LogP contribution in [0.2, 0.25) is 0 Å². The van der Waals surface area contributed by atoms with Gasteiger partial charge in [0.05, 0.1) is 13.2 Å². The highest BCUT2D eigenvalue weighted by molar-refractivity contribution is 5.97. The van der Waals surface area contributed by atoms with Crippen molar-refractivity contribution in [2.45, 2.75) is 6.04 Å². The monoisotopic (exact) mass is 324 g/mol. The molecule has 7 nitrogen and oxygen atoms in total. The first-order chi connectivity index (χ1) is 11.7. The third-order valence-electron chi connectivity index (χ3n) is 4.03. The SMILES string of the molecule is COc1cccc2cc(C(=O)N3CC(Nc4cccnn4)C3)oc12. The molecule has 122 valence electrons. The summed E-state index contributed by atoms with van der Waals surface area (Å²) in [5.41, 5.74) is 0.595. The van der Waals surface area contributed by atoms with Gasteiger partial charge in [-0.05, 0) is 24.3 Å². The highest BCUT2D eigenvalue weighted by atomic mass is 16.5. The number of aromatic nitrogens is 2. The van der Waals surface area contributed by atoms with E-state index in [1.54, 1.807) is 24.3 Å². The molecular weight excluding hydrogens is 308 g/mol. The van der Waals surface area contributed by atoms with Crippen molar-refractivity contribution in [2.24, 2.45) is 0 Å². The first-order valence-corrected chi connectivity index (χ1v) is 7.64. The van der Waals surface area contributed by atoms with E-state index >= 15 is 0 Å². The molecule has 0 saturated carbocycles. The van der Waals surface area contributed by atoms with Crippen LogP contribution in [0, 0.1) is 0 Å². The number of anilines is 1. The van der Waals surface area contributed by atoms with Crippen molar-refractivity contribution >= 4 is 22.7 Å². The molecule has 3 heterocycles. The maximum absolute atomic E-state index is 12.5. The number of benzene rings is 1. The molecule has 3 aromatic rings. The summed E-state index contributed by atoms with van der Waals surface area (Å²) in [7, 11) is 1.58. The highest BCUT2D eigenvalue weighted by Gasteiger charge is 2.33. The zero-order valence-electron chi connectivity index (χ0n) is 13.1. The second-order valence-electron chi connectivity index (χ2n) is 5.65. The first kappa shape index (κ1) is 14.5. The summed E-state index contributed by atoms with van der Waals surface area (Å²) >= 11 is 0. The van der Waals surface area contributed by atoms with Crippen LogP contribution in [-0.4, -0.2) is 47.2 Å². The van der Waals surface area contributed by atoms with Gasteiger partial charge in [0, 0.05) is 24.7 Å². The van der Waals surface area contributed by atoms with Crippen molar-refractivity contribution in [2.75, 3.05) is 25.5 Å². The summed E-state index contributed by atoms with van der Waals surface area (Å²) in [5.74, 6) is 1.54. The molecule has 2 aromatic heterocycles. The van der Waals surface area contributed by atoms with Gasteiger partial charge in [0.25, 0.3) is 5.91 Å². The van der Waals surface area contributed by atoms with Crippen LogP contribution in [0.4, 0.5) is 5.82 Å². The number of hydrogen-bond donors (Lipinski definition) is 1. The van der Waals surface area contributed by atoms with E-state index in [0.29, 0.717) is 36.0 Å². The van der Waals surface area contributed by atoms with Gasteiger partial charge in [-0.1, -0.05) is 12.1 Å². The number of likely N-dealkylation sites (tertiary alicyclic amines) is 1. The summed E-state index contributed by atoms with van der Waals surface area (Å²) in [6.07, 6.45) is 1.62. The van der Waals surface area contributed by atoms with Gasteiger partial charge in [-0.25, -0.2) is 0 Å². The van der Waals surface area contributed by atoms with Gasteiger partial charge in [-0.15, -0.1) is 5.10 Å². The predicted octanol–water partition coefficient (Wildman–Crippen LogP) is 2.17. The quantitative estimate of drug-likeness (QED) is 0.792. The van der Waals surface area contributed by atoms with Gasteiger partial charge in [0.2, 0.25) is 0 Å². The number of fused-ring (bicyclic) bond motifs is 1. The van der Waals surface area contributed by atoms with E-state index in [2.05, 4.69) is 15.5 Å². The van der Waals surface area contributed by atoms with Crippen molar-refractivity contribution in [3.05, 3.63) is 48.4 Å². The topological polar surface area (TPSA) is 80.5 Å². The van der Waals surface area contributed by atoms with E-state index in [0.717, 1.165) is 5.39 Å². The largest absolute Gasteiger partial charge is 0.493 e. The molecule has 0 bridgehead atoms. The van der Waals surface area contributed by atoms with E-state index in [1.165, 1.54) is 0 Å². The number of carbonyl (C=O) groups excluding carboxylic acids is 1. The van der Waals surface area contributed by atoms with E-state index in [9.17, 15) is 4.79 Å². The molecule has 0 unspecified atom stereocenters. The van der Waals surface area contributed by atoms with Gasteiger partial charge in [-0.2, -0.15) is 5.10 Å². The number of ether oxygens (including phenoxy) is 1.